The molecular formula is C15H16N4O. The SMILES string of the molecule is c1ccn2ncc(-c3cnc(CCNC4CC4)o3)c2c1. The van der Waals surface area contributed by atoms with Crippen LogP contribution in [-0.2, 0) is 6.42 Å². The molecule has 5 nitrogen and oxygen atoms in total. The lowest BCUT2D eigenvalue weighted by Gasteiger charge is -1.98. The lowest BCUT2D eigenvalue weighted by atomic mass is 10.2. The second-order valence-corrected chi connectivity index (χ2v) is 5.19. The summed E-state index contributed by atoms with van der Waals surface area (Å²) >= 11 is 0. The summed E-state index contributed by atoms with van der Waals surface area (Å²) in [6.07, 6.45) is 8.97. The highest BCUT2D eigenvalue weighted by atomic mass is 16.4. The third kappa shape index (κ3) is 2.20. The van der Waals surface area contributed by atoms with Gasteiger partial charge in [0.1, 0.15) is 0 Å². The Bertz CT molecular complexity index is 726. The molecule has 3 aromatic heterocycles. The third-order valence-corrected chi connectivity index (χ3v) is 3.59. The second-order valence-electron chi connectivity index (χ2n) is 5.19. The van der Waals surface area contributed by atoms with Crippen LogP contribution in [-0.4, -0.2) is 27.2 Å². The van der Waals surface area contributed by atoms with E-state index in [4.69, 9.17) is 4.42 Å². The highest BCUT2D eigenvalue weighted by molar-refractivity contribution is 5.76. The fourth-order valence-electron chi connectivity index (χ4n) is 2.35. The zero-order chi connectivity index (χ0) is 13.4. The molecule has 0 aliphatic heterocycles. The molecule has 4 rings (SSSR count). The number of nitrogens with one attached hydrogen (secondary N) is 1. The molecule has 5 heteroatoms. The minimum Gasteiger partial charge on any atom is -0.441 e. The molecule has 0 bridgehead atoms. The van der Waals surface area contributed by atoms with E-state index < -0.39 is 0 Å². The van der Waals surface area contributed by atoms with Crippen LogP contribution in [0.25, 0.3) is 16.8 Å². The quantitative estimate of drug-likeness (QED) is 0.771. The van der Waals surface area contributed by atoms with Crippen molar-refractivity contribution in [1.29, 1.82) is 0 Å². The van der Waals surface area contributed by atoms with Crippen molar-refractivity contribution in [3.63, 3.8) is 0 Å². The molecule has 1 aliphatic carbocycles. The second kappa shape index (κ2) is 4.76. The summed E-state index contributed by atoms with van der Waals surface area (Å²) in [4.78, 5) is 4.35. The highest BCUT2D eigenvalue weighted by Gasteiger charge is 2.20. The van der Waals surface area contributed by atoms with E-state index in [2.05, 4.69) is 15.4 Å². The Morgan fingerprint density at radius 1 is 1.30 bits per heavy atom. The van der Waals surface area contributed by atoms with Crippen LogP contribution in [0.15, 0.2) is 41.2 Å². The first-order valence-corrected chi connectivity index (χ1v) is 7.01. The average molecular weight is 268 g/mol. The maximum atomic E-state index is 5.83. The van der Waals surface area contributed by atoms with Crippen molar-refractivity contribution >= 4 is 5.52 Å². The molecular weight excluding hydrogens is 252 g/mol. The maximum absolute atomic E-state index is 5.83. The topological polar surface area (TPSA) is 55.4 Å². The molecule has 0 unspecified atom stereocenters. The Hall–Kier alpha value is -2.14. The number of aromatic nitrogens is 3. The highest BCUT2D eigenvalue weighted by Crippen LogP contribution is 2.25. The predicted molar refractivity (Wildman–Crippen MR) is 75.4 cm³/mol. The van der Waals surface area contributed by atoms with Crippen LogP contribution < -0.4 is 5.32 Å². The Labute approximate surface area is 116 Å². The summed E-state index contributed by atoms with van der Waals surface area (Å²) in [5, 5.41) is 7.78. The smallest absolute Gasteiger partial charge is 0.196 e. The lowest BCUT2D eigenvalue weighted by molar-refractivity contribution is 0.495. The minimum absolute atomic E-state index is 0.726. The van der Waals surface area contributed by atoms with Gasteiger partial charge >= 0.3 is 0 Å². The van der Waals surface area contributed by atoms with E-state index in [0.717, 1.165) is 41.7 Å². The normalized spacial score (nSPS) is 15.0. The molecule has 3 aromatic rings. The van der Waals surface area contributed by atoms with E-state index in [-0.39, 0.29) is 0 Å². The van der Waals surface area contributed by atoms with Crippen molar-refractivity contribution in [2.45, 2.75) is 25.3 Å². The summed E-state index contributed by atoms with van der Waals surface area (Å²) in [7, 11) is 0. The Kier molecular flexibility index (Phi) is 2.77. The molecule has 1 saturated carbocycles. The first-order chi connectivity index (χ1) is 9.90. The van der Waals surface area contributed by atoms with Gasteiger partial charge in [0.15, 0.2) is 11.7 Å². The number of oxazole rings is 1. The molecule has 1 fully saturated rings. The number of hydrogen-bond acceptors (Lipinski definition) is 4. The van der Waals surface area contributed by atoms with Gasteiger partial charge in [0.05, 0.1) is 23.5 Å². The van der Waals surface area contributed by atoms with E-state index in [1.165, 1.54) is 12.8 Å². The first-order valence-electron chi connectivity index (χ1n) is 7.01. The van der Waals surface area contributed by atoms with Gasteiger partial charge in [0.25, 0.3) is 0 Å². The molecule has 20 heavy (non-hydrogen) atoms. The van der Waals surface area contributed by atoms with E-state index >= 15 is 0 Å². The van der Waals surface area contributed by atoms with Gasteiger partial charge in [-0.1, -0.05) is 6.07 Å². The van der Waals surface area contributed by atoms with E-state index in [0.29, 0.717) is 0 Å². The Morgan fingerprint density at radius 3 is 3.15 bits per heavy atom. The van der Waals surface area contributed by atoms with Crippen LogP contribution >= 0.6 is 0 Å². The predicted octanol–water partition coefficient (Wildman–Crippen LogP) is 2.28. The van der Waals surface area contributed by atoms with Gasteiger partial charge in [-0.25, -0.2) is 9.50 Å². The van der Waals surface area contributed by atoms with E-state index in [9.17, 15) is 0 Å². The minimum atomic E-state index is 0.726. The van der Waals surface area contributed by atoms with Gasteiger partial charge in [0, 0.05) is 25.2 Å². The van der Waals surface area contributed by atoms with E-state index in [1.54, 1.807) is 6.20 Å². The number of hydrogen-bond donors (Lipinski definition) is 1. The maximum Gasteiger partial charge on any atom is 0.196 e. The zero-order valence-corrected chi connectivity index (χ0v) is 11.1. The molecule has 0 atom stereocenters. The van der Waals surface area contributed by atoms with Crippen LogP contribution in [0.3, 0.4) is 0 Å². The first kappa shape index (κ1) is 11.7. The molecule has 0 radical (unpaired) electrons. The van der Waals surface area contributed by atoms with Crippen LogP contribution in [0.4, 0.5) is 0 Å². The van der Waals surface area contributed by atoms with Gasteiger partial charge in [0.2, 0.25) is 0 Å². The van der Waals surface area contributed by atoms with Crippen molar-refractivity contribution in [3.8, 4) is 11.3 Å². The van der Waals surface area contributed by atoms with Gasteiger partial charge < -0.3 is 9.73 Å². The van der Waals surface area contributed by atoms with Crippen molar-refractivity contribution in [2.75, 3.05) is 6.54 Å². The number of fused-ring (bicyclic) bond motifs is 1. The van der Waals surface area contributed by atoms with Crippen molar-refractivity contribution < 1.29 is 4.42 Å². The number of pyridine rings is 1. The van der Waals surface area contributed by atoms with Gasteiger partial charge in [-0.05, 0) is 25.0 Å². The molecule has 3 heterocycles. The molecule has 0 aromatic carbocycles. The van der Waals surface area contributed by atoms with E-state index in [1.807, 2.05) is 35.1 Å². The van der Waals surface area contributed by atoms with Crippen molar-refractivity contribution in [2.24, 2.45) is 0 Å². The van der Waals surface area contributed by atoms with Gasteiger partial charge in [-0.15, -0.1) is 0 Å². The summed E-state index contributed by atoms with van der Waals surface area (Å²) in [5.74, 6) is 1.57. The zero-order valence-electron chi connectivity index (χ0n) is 11.1. The molecule has 102 valence electrons. The number of rotatable bonds is 5. The summed E-state index contributed by atoms with van der Waals surface area (Å²) in [6.45, 7) is 0.930. The lowest BCUT2D eigenvalue weighted by Crippen LogP contribution is -2.19. The average Bonchev–Trinajstić information content (AvgIpc) is 3.01. The van der Waals surface area contributed by atoms with Crippen LogP contribution in [0.2, 0.25) is 0 Å². The van der Waals surface area contributed by atoms with Crippen molar-refractivity contribution in [1.82, 2.24) is 19.9 Å². The van der Waals surface area contributed by atoms with Gasteiger partial charge in [-0.3, -0.25) is 0 Å². The van der Waals surface area contributed by atoms with Crippen LogP contribution in [0.1, 0.15) is 18.7 Å². The van der Waals surface area contributed by atoms with Crippen LogP contribution in [0.5, 0.6) is 0 Å². The van der Waals surface area contributed by atoms with Crippen LogP contribution in [0, 0.1) is 0 Å². The Balaban J connectivity index is 1.54. The molecule has 1 aliphatic rings. The summed E-state index contributed by atoms with van der Waals surface area (Å²) in [5.41, 5.74) is 2.02. The molecule has 0 amide bonds. The third-order valence-electron chi connectivity index (χ3n) is 3.59. The molecule has 1 N–H and O–H groups in total. The molecule has 0 spiro atoms. The number of nitrogens with zero attached hydrogens (tertiary/aromatic N) is 3. The Morgan fingerprint density at radius 2 is 2.25 bits per heavy atom. The molecule has 0 saturated heterocycles. The summed E-state index contributed by atoms with van der Waals surface area (Å²) in [6, 6.07) is 6.71. The fraction of sp³-hybridized carbons (Fsp3) is 0.333. The summed E-state index contributed by atoms with van der Waals surface area (Å²) < 4.78 is 7.67. The monoisotopic (exact) mass is 268 g/mol. The standard InChI is InChI=1S/C15H16N4O/c1-2-8-19-13(3-1)12(9-18-19)14-10-17-15(20-14)6-7-16-11-4-5-11/h1-3,8-11,16H,4-7H2. The van der Waals surface area contributed by atoms with Crippen molar-refractivity contribution in [3.05, 3.63) is 42.7 Å². The fourth-order valence-corrected chi connectivity index (χ4v) is 2.35. The largest absolute Gasteiger partial charge is 0.441 e. The van der Waals surface area contributed by atoms with Gasteiger partial charge in [-0.2, -0.15) is 5.10 Å².